The summed E-state index contributed by atoms with van der Waals surface area (Å²) < 4.78 is 0. The highest BCUT2D eigenvalue weighted by Crippen LogP contribution is 2.30. The first-order valence-electron chi connectivity index (χ1n) is 9.42. The van der Waals surface area contributed by atoms with Gasteiger partial charge in [-0.25, -0.2) is 0 Å². The van der Waals surface area contributed by atoms with E-state index in [1.54, 1.807) is 17.7 Å². The van der Waals surface area contributed by atoms with E-state index in [2.05, 4.69) is 36.1 Å². The van der Waals surface area contributed by atoms with Crippen LogP contribution in [0.15, 0.2) is 35.9 Å². The van der Waals surface area contributed by atoms with Crippen molar-refractivity contribution < 1.29 is 5.11 Å². The predicted octanol–water partition coefficient (Wildman–Crippen LogP) is 4.24. The summed E-state index contributed by atoms with van der Waals surface area (Å²) in [6, 6.07) is 8.33. The molecule has 1 heterocycles. The molecule has 2 unspecified atom stereocenters. The molecule has 3 rings (SSSR count). The van der Waals surface area contributed by atoms with Gasteiger partial charge >= 0.3 is 0 Å². The van der Waals surface area contributed by atoms with Crippen molar-refractivity contribution >= 4 is 5.69 Å². The third-order valence-electron chi connectivity index (χ3n) is 5.69. The fourth-order valence-corrected chi connectivity index (χ4v) is 4.13. The van der Waals surface area contributed by atoms with Gasteiger partial charge in [0.05, 0.1) is 0 Å². The molecule has 24 heavy (non-hydrogen) atoms. The van der Waals surface area contributed by atoms with Crippen molar-refractivity contribution in [1.82, 2.24) is 4.90 Å². The second-order valence-electron chi connectivity index (χ2n) is 7.29. The largest absolute Gasteiger partial charge is 0.508 e. The van der Waals surface area contributed by atoms with Crippen LogP contribution in [0.2, 0.25) is 0 Å². The zero-order valence-electron chi connectivity index (χ0n) is 15.1. The maximum Gasteiger partial charge on any atom is 0.115 e. The molecule has 1 saturated heterocycles. The second-order valence-corrected chi connectivity index (χ2v) is 7.29. The van der Waals surface area contributed by atoms with E-state index in [0.29, 0.717) is 5.75 Å². The minimum Gasteiger partial charge on any atom is -0.508 e. The summed E-state index contributed by atoms with van der Waals surface area (Å²) in [7, 11) is 0. The first-order chi connectivity index (χ1) is 11.7. The topological polar surface area (TPSA) is 26.7 Å². The molecule has 2 atom stereocenters. The van der Waals surface area contributed by atoms with Crippen molar-refractivity contribution in [3.63, 3.8) is 0 Å². The van der Waals surface area contributed by atoms with Crippen LogP contribution in [-0.4, -0.2) is 42.2 Å². The molecule has 1 aliphatic heterocycles. The molecule has 1 aliphatic carbocycles. The number of benzene rings is 1. The second kappa shape index (κ2) is 8.06. The molecule has 0 bridgehead atoms. The lowest BCUT2D eigenvalue weighted by molar-refractivity contribution is 0.171. The van der Waals surface area contributed by atoms with E-state index >= 15 is 0 Å². The minimum absolute atomic E-state index is 0.345. The summed E-state index contributed by atoms with van der Waals surface area (Å²) >= 11 is 0. The first kappa shape index (κ1) is 17.3. The maximum absolute atomic E-state index is 9.43. The van der Waals surface area contributed by atoms with Crippen molar-refractivity contribution in [3.8, 4) is 5.75 Å². The summed E-state index contributed by atoms with van der Waals surface area (Å²) in [5.41, 5.74) is 2.90. The van der Waals surface area contributed by atoms with Crippen LogP contribution >= 0.6 is 0 Å². The van der Waals surface area contributed by atoms with Crippen molar-refractivity contribution in [1.29, 1.82) is 0 Å². The quantitative estimate of drug-likeness (QED) is 0.819. The summed E-state index contributed by atoms with van der Waals surface area (Å²) in [5, 5.41) is 9.43. The Kier molecular flexibility index (Phi) is 5.83. The van der Waals surface area contributed by atoms with Crippen molar-refractivity contribution in [2.24, 2.45) is 5.92 Å². The van der Waals surface area contributed by atoms with E-state index in [-0.39, 0.29) is 0 Å². The van der Waals surface area contributed by atoms with E-state index in [9.17, 15) is 5.11 Å². The lowest BCUT2D eigenvalue weighted by atomic mass is 9.85. The molecule has 3 nitrogen and oxygen atoms in total. The van der Waals surface area contributed by atoms with Gasteiger partial charge in [0, 0.05) is 37.9 Å². The van der Waals surface area contributed by atoms with Crippen LogP contribution in [0.1, 0.15) is 39.5 Å². The van der Waals surface area contributed by atoms with Crippen LogP contribution in [-0.2, 0) is 0 Å². The Morgan fingerprint density at radius 2 is 1.88 bits per heavy atom. The number of hydrogen-bond acceptors (Lipinski definition) is 3. The maximum atomic E-state index is 9.43. The average molecular weight is 327 g/mol. The molecule has 0 aromatic heterocycles. The third-order valence-corrected chi connectivity index (χ3v) is 5.69. The summed E-state index contributed by atoms with van der Waals surface area (Å²) in [6.07, 6.45) is 9.84. The van der Waals surface area contributed by atoms with Crippen LogP contribution in [0.4, 0.5) is 5.69 Å². The zero-order chi connectivity index (χ0) is 16.9. The molecule has 1 N–H and O–H groups in total. The minimum atomic E-state index is 0.345. The molecule has 3 heteroatoms. The third kappa shape index (κ3) is 4.13. The van der Waals surface area contributed by atoms with E-state index < -0.39 is 0 Å². The van der Waals surface area contributed by atoms with Gasteiger partial charge in [-0.3, -0.25) is 4.90 Å². The van der Waals surface area contributed by atoms with E-state index in [0.717, 1.165) is 38.1 Å². The van der Waals surface area contributed by atoms with Crippen molar-refractivity contribution in [2.45, 2.75) is 45.6 Å². The summed E-state index contributed by atoms with van der Waals surface area (Å²) in [5.74, 6) is 1.07. The summed E-state index contributed by atoms with van der Waals surface area (Å²) in [6.45, 7) is 8.98. The monoisotopic (exact) mass is 327 g/mol. The van der Waals surface area contributed by atoms with E-state index in [4.69, 9.17) is 0 Å². The number of phenols is 1. The van der Waals surface area contributed by atoms with Gasteiger partial charge in [0.25, 0.3) is 0 Å². The molecule has 1 fully saturated rings. The van der Waals surface area contributed by atoms with Gasteiger partial charge in [-0.15, -0.1) is 0 Å². The fourth-order valence-electron chi connectivity index (χ4n) is 4.13. The van der Waals surface area contributed by atoms with Gasteiger partial charge in [-0.1, -0.05) is 25.5 Å². The number of hydrogen-bond donors (Lipinski definition) is 1. The Balaban J connectivity index is 1.50. The number of nitrogens with zero attached hydrogens (tertiary/aromatic N) is 2. The molecule has 2 aliphatic rings. The number of rotatable bonds is 5. The van der Waals surface area contributed by atoms with Gasteiger partial charge in [0.15, 0.2) is 0 Å². The van der Waals surface area contributed by atoms with Gasteiger partial charge in [0.1, 0.15) is 5.75 Å². The predicted molar refractivity (Wildman–Crippen MR) is 101 cm³/mol. The van der Waals surface area contributed by atoms with Crippen molar-refractivity contribution in [2.75, 3.05) is 31.1 Å². The Bertz CT molecular complexity index is 543. The van der Waals surface area contributed by atoms with Gasteiger partial charge in [-0.05, 0) is 62.3 Å². The summed E-state index contributed by atoms with van der Waals surface area (Å²) in [4.78, 5) is 5.11. The van der Waals surface area contributed by atoms with E-state index in [1.165, 1.54) is 31.4 Å². The first-order valence-corrected chi connectivity index (χ1v) is 9.42. The zero-order valence-corrected chi connectivity index (χ0v) is 15.1. The normalized spacial score (nSPS) is 23.8. The highest BCUT2D eigenvalue weighted by Gasteiger charge is 2.26. The number of phenolic OH excluding ortho intramolecular Hbond substituents is 1. The molecule has 0 spiro atoms. The van der Waals surface area contributed by atoms with Crippen LogP contribution in [0, 0.1) is 12.3 Å². The number of allylic oxidation sites excluding steroid dienone is 1. The number of piperazine rings is 1. The Morgan fingerprint density at radius 1 is 1.17 bits per heavy atom. The van der Waals surface area contributed by atoms with Crippen LogP contribution in [0.3, 0.4) is 0 Å². The van der Waals surface area contributed by atoms with Gasteiger partial charge in [-0.2, -0.15) is 0 Å². The van der Waals surface area contributed by atoms with Gasteiger partial charge < -0.3 is 10.0 Å². The Hall–Kier alpha value is -1.48. The SMILES string of the molecule is C[CH]CC(C)C1=CCC(N2CCN(c3ccc(O)cc3)CC2)CC1. The number of aromatic hydroxyl groups is 1. The molecule has 1 aromatic rings. The highest BCUT2D eigenvalue weighted by molar-refractivity contribution is 5.49. The fraction of sp³-hybridized carbons (Fsp3) is 0.571. The molecular weight excluding hydrogens is 296 g/mol. The van der Waals surface area contributed by atoms with E-state index in [1.807, 2.05) is 12.1 Å². The van der Waals surface area contributed by atoms with Crippen LogP contribution in [0.5, 0.6) is 5.75 Å². The molecule has 1 aromatic carbocycles. The molecule has 0 saturated carbocycles. The molecule has 131 valence electrons. The van der Waals surface area contributed by atoms with Crippen LogP contribution < -0.4 is 4.90 Å². The van der Waals surface area contributed by atoms with Crippen LogP contribution in [0.25, 0.3) is 0 Å². The number of anilines is 1. The lowest BCUT2D eigenvalue weighted by Gasteiger charge is -2.41. The smallest absolute Gasteiger partial charge is 0.115 e. The lowest BCUT2D eigenvalue weighted by Crippen LogP contribution is -2.50. The molecule has 1 radical (unpaired) electrons. The average Bonchev–Trinajstić information content (AvgIpc) is 2.63. The Morgan fingerprint density at radius 3 is 2.46 bits per heavy atom. The molecule has 0 amide bonds. The van der Waals surface area contributed by atoms with Gasteiger partial charge in [0.2, 0.25) is 0 Å². The van der Waals surface area contributed by atoms with Crippen molar-refractivity contribution in [3.05, 3.63) is 42.3 Å². The Labute approximate surface area is 147 Å². The molecular formula is C21H31N2O. The standard InChI is InChI=1S/C21H31N2O/c1-3-4-17(2)18-5-7-19(8-6-18)22-13-15-23(16-14-22)20-9-11-21(24)12-10-20/h3,5,9-12,17,19,24H,4,6-8,13-16H2,1-2H3. The highest BCUT2D eigenvalue weighted by atomic mass is 16.3.